The molecule has 25 heavy (non-hydrogen) atoms. The number of hydrogen-bond donors (Lipinski definition) is 1. The number of nitrogens with one attached hydrogen (secondary N) is 1. The Bertz CT molecular complexity index is 516. The van der Waals surface area contributed by atoms with Crippen LogP contribution in [0.3, 0.4) is 0 Å². The average Bonchev–Trinajstić information content (AvgIpc) is 3.28. The molecule has 3 rings (SSSR count). The van der Waals surface area contributed by atoms with Gasteiger partial charge in [-0.2, -0.15) is 0 Å². The van der Waals surface area contributed by atoms with E-state index in [4.69, 9.17) is 4.74 Å². The topological polar surface area (TPSA) is 75.7 Å². The molecule has 1 aliphatic heterocycles. The molecule has 0 aromatic rings. The molecule has 1 heterocycles. The lowest BCUT2D eigenvalue weighted by atomic mass is 9.84. The number of amides is 2. The van der Waals surface area contributed by atoms with Crippen LogP contribution in [0.15, 0.2) is 0 Å². The molecule has 6 nitrogen and oxygen atoms in total. The van der Waals surface area contributed by atoms with E-state index in [0.717, 1.165) is 51.4 Å². The van der Waals surface area contributed by atoms with Crippen molar-refractivity contribution < 1.29 is 19.1 Å². The van der Waals surface area contributed by atoms with Crippen molar-refractivity contribution in [3.05, 3.63) is 0 Å². The molecular weight excluding hydrogens is 320 g/mol. The van der Waals surface area contributed by atoms with E-state index in [2.05, 4.69) is 5.32 Å². The van der Waals surface area contributed by atoms with Crippen LogP contribution in [0.1, 0.15) is 64.2 Å². The highest BCUT2D eigenvalue weighted by atomic mass is 16.5. The predicted molar refractivity (Wildman–Crippen MR) is 92.6 cm³/mol. The minimum Gasteiger partial charge on any atom is -0.467 e. The van der Waals surface area contributed by atoms with Crippen molar-refractivity contribution in [2.45, 2.75) is 76.3 Å². The molecule has 0 aromatic heterocycles. The maximum atomic E-state index is 12.8. The normalized spacial score (nSPS) is 29.3. The van der Waals surface area contributed by atoms with Gasteiger partial charge < -0.3 is 15.0 Å². The van der Waals surface area contributed by atoms with E-state index >= 15 is 0 Å². The number of methoxy groups -OCH3 is 1. The van der Waals surface area contributed by atoms with Gasteiger partial charge in [-0.15, -0.1) is 0 Å². The third kappa shape index (κ3) is 3.98. The van der Waals surface area contributed by atoms with E-state index in [1.165, 1.54) is 13.5 Å². The van der Waals surface area contributed by atoms with Gasteiger partial charge in [0, 0.05) is 24.9 Å². The Kier molecular flexibility index (Phi) is 5.97. The number of hydrogen-bond acceptors (Lipinski definition) is 4. The summed E-state index contributed by atoms with van der Waals surface area (Å²) in [6, 6.07) is -0.285. The molecule has 3 atom stereocenters. The monoisotopic (exact) mass is 350 g/mol. The van der Waals surface area contributed by atoms with Crippen LogP contribution >= 0.6 is 0 Å². The molecule has 0 spiro atoms. The van der Waals surface area contributed by atoms with Gasteiger partial charge in [0.2, 0.25) is 11.8 Å². The van der Waals surface area contributed by atoms with Crippen LogP contribution in [0.2, 0.25) is 0 Å². The van der Waals surface area contributed by atoms with Crippen LogP contribution in [0, 0.1) is 11.8 Å². The summed E-state index contributed by atoms with van der Waals surface area (Å²) in [5.74, 6) is 0.267. The Labute approximate surface area is 149 Å². The molecule has 2 saturated carbocycles. The Hall–Kier alpha value is -1.59. The van der Waals surface area contributed by atoms with E-state index in [9.17, 15) is 14.4 Å². The zero-order valence-corrected chi connectivity index (χ0v) is 15.2. The Morgan fingerprint density at radius 2 is 1.72 bits per heavy atom. The molecule has 0 bridgehead atoms. The van der Waals surface area contributed by atoms with Crippen molar-refractivity contribution in [2.24, 2.45) is 11.8 Å². The SMILES string of the molecule is COC(=O)[C@@H]1C[C@@H]2CCCC[C@@H]2N1C(=O)CCNC(=O)C1CCCC1. The van der Waals surface area contributed by atoms with Crippen molar-refractivity contribution in [2.75, 3.05) is 13.7 Å². The number of rotatable bonds is 5. The predicted octanol–water partition coefficient (Wildman–Crippen LogP) is 2.02. The molecule has 0 aromatic carbocycles. The average molecular weight is 350 g/mol. The number of esters is 1. The van der Waals surface area contributed by atoms with Gasteiger partial charge in [0.15, 0.2) is 0 Å². The summed E-state index contributed by atoms with van der Waals surface area (Å²) in [5.41, 5.74) is 0. The second kappa shape index (κ2) is 8.19. The summed E-state index contributed by atoms with van der Waals surface area (Å²) in [4.78, 5) is 38.8. The van der Waals surface area contributed by atoms with Gasteiger partial charge in [0.25, 0.3) is 0 Å². The number of ether oxygens (including phenoxy) is 1. The molecule has 6 heteroatoms. The second-order valence-corrected chi connectivity index (χ2v) is 7.71. The molecule has 2 amide bonds. The van der Waals surface area contributed by atoms with Crippen molar-refractivity contribution in [3.8, 4) is 0 Å². The summed E-state index contributed by atoms with van der Waals surface area (Å²) in [7, 11) is 1.38. The lowest BCUT2D eigenvalue weighted by molar-refractivity contribution is -0.152. The van der Waals surface area contributed by atoms with E-state index in [-0.39, 0.29) is 36.2 Å². The van der Waals surface area contributed by atoms with Gasteiger partial charge in [-0.05, 0) is 38.0 Å². The molecule has 0 radical (unpaired) electrons. The maximum Gasteiger partial charge on any atom is 0.328 e. The fourth-order valence-corrected chi connectivity index (χ4v) is 4.92. The van der Waals surface area contributed by atoms with E-state index in [0.29, 0.717) is 12.5 Å². The van der Waals surface area contributed by atoms with Gasteiger partial charge in [-0.1, -0.05) is 25.7 Å². The van der Waals surface area contributed by atoms with Gasteiger partial charge in [-0.25, -0.2) is 4.79 Å². The fourth-order valence-electron chi connectivity index (χ4n) is 4.92. The van der Waals surface area contributed by atoms with Crippen LogP contribution in [0.4, 0.5) is 0 Å². The Morgan fingerprint density at radius 1 is 1.04 bits per heavy atom. The number of carbonyl (C=O) groups is 3. The molecule has 1 saturated heterocycles. The first-order valence-electron chi connectivity index (χ1n) is 9.78. The van der Waals surface area contributed by atoms with Gasteiger partial charge >= 0.3 is 5.97 Å². The molecule has 0 unspecified atom stereocenters. The third-order valence-corrected chi connectivity index (χ3v) is 6.21. The van der Waals surface area contributed by atoms with E-state index in [1.807, 2.05) is 0 Å². The number of carbonyl (C=O) groups excluding carboxylic acids is 3. The zero-order chi connectivity index (χ0) is 17.8. The smallest absolute Gasteiger partial charge is 0.328 e. The lowest BCUT2D eigenvalue weighted by Gasteiger charge is -2.33. The molecule has 140 valence electrons. The number of likely N-dealkylation sites (tertiary alicyclic amines) is 1. The molecular formula is C19H30N2O4. The first-order valence-corrected chi connectivity index (χ1v) is 9.78. The standard InChI is InChI=1S/C19H30N2O4/c1-25-19(24)16-12-14-8-4-5-9-15(14)21(16)17(22)10-11-20-18(23)13-6-2-3-7-13/h13-16H,2-12H2,1H3,(H,20,23)/t14-,15-,16-/m0/s1. The van der Waals surface area contributed by atoms with Gasteiger partial charge in [0.05, 0.1) is 7.11 Å². The fraction of sp³-hybridized carbons (Fsp3) is 0.842. The highest BCUT2D eigenvalue weighted by molar-refractivity contribution is 5.86. The van der Waals surface area contributed by atoms with Crippen molar-refractivity contribution >= 4 is 17.8 Å². The molecule has 3 fully saturated rings. The summed E-state index contributed by atoms with van der Waals surface area (Å²) >= 11 is 0. The first-order chi connectivity index (χ1) is 12.1. The highest BCUT2D eigenvalue weighted by Gasteiger charge is 2.47. The first kappa shape index (κ1) is 18.2. The highest BCUT2D eigenvalue weighted by Crippen LogP contribution is 2.40. The number of nitrogens with zero attached hydrogens (tertiary/aromatic N) is 1. The summed E-state index contributed by atoms with van der Waals surface area (Å²) in [6.45, 7) is 0.357. The summed E-state index contributed by atoms with van der Waals surface area (Å²) in [5, 5.41) is 2.91. The van der Waals surface area contributed by atoms with E-state index < -0.39 is 6.04 Å². The Balaban J connectivity index is 1.56. The second-order valence-electron chi connectivity index (χ2n) is 7.71. The van der Waals surface area contributed by atoms with Crippen molar-refractivity contribution in [1.29, 1.82) is 0 Å². The Morgan fingerprint density at radius 3 is 2.44 bits per heavy atom. The minimum absolute atomic E-state index is 0.0310. The maximum absolute atomic E-state index is 12.8. The van der Waals surface area contributed by atoms with Gasteiger partial charge in [-0.3, -0.25) is 9.59 Å². The van der Waals surface area contributed by atoms with Gasteiger partial charge in [0.1, 0.15) is 6.04 Å². The van der Waals surface area contributed by atoms with E-state index in [1.54, 1.807) is 4.90 Å². The largest absolute Gasteiger partial charge is 0.467 e. The third-order valence-electron chi connectivity index (χ3n) is 6.21. The molecule has 2 aliphatic carbocycles. The van der Waals surface area contributed by atoms with Crippen LogP contribution in [0.5, 0.6) is 0 Å². The summed E-state index contributed by atoms with van der Waals surface area (Å²) < 4.78 is 4.93. The van der Waals surface area contributed by atoms with Crippen LogP contribution in [-0.2, 0) is 19.1 Å². The summed E-state index contributed by atoms with van der Waals surface area (Å²) in [6.07, 6.45) is 9.47. The molecule has 3 aliphatic rings. The molecule has 1 N–H and O–H groups in total. The number of fused-ring (bicyclic) bond motifs is 1. The minimum atomic E-state index is -0.448. The van der Waals surface area contributed by atoms with Crippen LogP contribution in [-0.4, -0.2) is 48.4 Å². The lowest BCUT2D eigenvalue weighted by Crippen LogP contribution is -2.47. The quantitative estimate of drug-likeness (QED) is 0.770. The van der Waals surface area contributed by atoms with Crippen molar-refractivity contribution in [1.82, 2.24) is 10.2 Å². The van der Waals surface area contributed by atoms with Crippen LogP contribution in [0.25, 0.3) is 0 Å². The van der Waals surface area contributed by atoms with Crippen LogP contribution < -0.4 is 5.32 Å². The zero-order valence-electron chi connectivity index (χ0n) is 15.2. The van der Waals surface area contributed by atoms with Crippen molar-refractivity contribution in [3.63, 3.8) is 0 Å².